The number of hydrogen-bond acceptors (Lipinski definition) is 5. The molecule has 144 valence electrons. The average molecular weight is 381 g/mol. The summed E-state index contributed by atoms with van der Waals surface area (Å²) in [6, 6.07) is 11.9. The number of hydrogen-bond donors (Lipinski definition) is 2. The summed E-state index contributed by atoms with van der Waals surface area (Å²) < 4.78 is 18.3. The molecule has 7 heteroatoms. The zero-order valence-electron chi connectivity index (χ0n) is 15.1. The lowest BCUT2D eigenvalue weighted by Gasteiger charge is -2.28. The van der Waals surface area contributed by atoms with Crippen molar-refractivity contribution in [3.05, 3.63) is 71.4 Å². The van der Waals surface area contributed by atoms with E-state index in [0.29, 0.717) is 25.0 Å². The van der Waals surface area contributed by atoms with Crippen molar-refractivity contribution in [2.45, 2.75) is 25.0 Å². The molecule has 2 N–H and O–H groups in total. The van der Waals surface area contributed by atoms with Gasteiger partial charge in [-0.2, -0.15) is 4.39 Å². The van der Waals surface area contributed by atoms with Gasteiger partial charge >= 0.3 is 0 Å². The third-order valence-corrected chi connectivity index (χ3v) is 4.86. The number of aromatic nitrogens is 2. The van der Waals surface area contributed by atoms with Crippen LogP contribution in [0.5, 0.6) is 0 Å². The largest absolute Gasteiger partial charge is 0.389 e. The molecule has 2 atom stereocenters. The summed E-state index contributed by atoms with van der Waals surface area (Å²) in [5, 5.41) is 13.8. The molecule has 1 aliphatic heterocycles. The standard InChI is InChI=1S/C21H20FN3O3/c22-20-6-5-13(11-23-20)9-14-10-18(24-16-4-2-1-3-15(14)16)21(27)25-17-7-8-28-12-19(17)26/h1-6,10-11,17,19,26H,7-9,12H2,(H,25,27)/t17-,19-/m0/s1. The molecule has 1 saturated heterocycles. The predicted molar refractivity (Wildman–Crippen MR) is 101 cm³/mol. The van der Waals surface area contributed by atoms with Crippen molar-refractivity contribution in [3.8, 4) is 0 Å². The van der Waals surface area contributed by atoms with Crippen molar-refractivity contribution in [2.24, 2.45) is 0 Å². The molecule has 28 heavy (non-hydrogen) atoms. The van der Waals surface area contributed by atoms with Gasteiger partial charge in [-0.3, -0.25) is 4.79 Å². The highest BCUT2D eigenvalue weighted by Gasteiger charge is 2.26. The molecule has 1 aliphatic rings. The van der Waals surface area contributed by atoms with Crippen LogP contribution in [0.3, 0.4) is 0 Å². The van der Waals surface area contributed by atoms with E-state index >= 15 is 0 Å². The molecule has 2 aromatic heterocycles. The van der Waals surface area contributed by atoms with Crippen LogP contribution in [-0.2, 0) is 11.2 Å². The number of ether oxygens (including phenoxy) is 1. The molecule has 0 radical (unpaired) electrons. The smallest absolute Gasteiger partial charge is 0.270 e. The van der Waals surface area contributed by atoms with Gasteiger partial charge in [-0.1, -0.05) is 24.3 Å². The number of halogens is 1. The Kier molecular flexibility index (Phi) is 5.27. The van der Waals surface area contributed by atoms with E-state index in [2.05, 4.69) is 15.3 Å². The molecule has 3 aromatic rings. The zero-order valence-corrected chi connectivity index (χ0v) is 15.1. The van der Waals surface area contributed by atoms with E-state index in [-0.39, 0.29) is 24.2 Å². The highest BCUT2D eigenvalue weighted by Crippen LogP contribution is 2.22. The Morgan fingerprint density at radius 3 is 2.93 bits per heavy atom. The fourth-order valence-electron chi connectivity index (χ4n) is 3.37. The maximum absolute atomic E-state index is 13.1. The summed E-state index contributed by atoms with van der Waals surface area (Å²) in [6.07, 6.45) is 1.80. The maximum Gasteiger partial charge on any atom is 0.270 e. The summed E-state index contributed by atoms with van der Waals surface area (Å²) in [4.78, 5) is 20.9. The molecule has 1 aromatic carbocycles. The summed E-state index contributed by atoms with van der Waals surface area (Å²) in [5.41, 5.74) is 2.72. The van der Waals surface area contributed by atoms with E-state index in [0.717, 1.165) is 16.5 Å². The highest BCUT2D eigenvalue weighted by atomic mass is 19.1. The normalized spacial score (nSPS) is 19.5. The molecule has 1 fully saturated rings. The minimum Gasteiger partial charge on any atom is -0.389 e. The molecule has 0 saturated carbocycles. The SMILES string of the molecule is O=C(N[C@H]1CCOC[C@@H]1O)c1cc(Cc2ccc(F)nc2)c2ccccc2n1. The van der Waals surface area contributed by atoms with Crippen LogP contribution in [0.1, 0.15) is 28.0 Å². The molecular formula is C21H20FN3O3. The molecule has 3 heterocycles. The third kappa shape index (κ3) is 4.00. The van der Waals surface area contributed by atoms with E-state index < -0.39 is 12.1 Å². The maximum atomic E-state index is 13.1. The Balaban J connectivity index is 1.65. The third-order valence-electron chi connectivity index (χ3n) is 4.86. The fourth-order valence-corrected chi connectivity index (χ4v) is 3.37. The Morgan fingerprint density at radius 2 is 2.14 bits per heavy atom. The van der Waals surface area contributed by atoms with Crippen molar-refractivity contribution >= 4 is 16.8 Å². The Bertz CT molecular complexity index is 994. The van der Waals surface area contributed by atoms with Gasteiger partial charge in [0.05, 0.1) is 24.3 Å². The van der Waals surface area contributed by atoms with Gasteiger partial charge in [-0.15, -0.1) is 0 Å². The van der Waals surface area contributed by atoms with E-state index in [1.165, 1.54) is 12.3 Å². The first-order valence-corrected chi connectivity index (χ1v) is 9.16. The number of nitrogens with zero attached hydrogens (tertiary/aromatic N) is 2. The second-order valence-electron chi connectivity index (χ2n) is 6.86. The minimum absolute atomic E-state index is 0.207. The second-order valence-corrected chi connectivity index (χ2v) is 6.86. The zero-order chi connectivity index (χ0) is 19.5. The lowest BCUT2D eigenvalue weighted by molar-refractivity contribution is -0.0261. The van der Waals surface area contributed by atoms with Crippen molar-refractivity contribution in [2.75, 3.05) is 13.2 Å². The van der Waals surface area contributed by atoms with Crippen molar-refractivity contribution in [1.29, 1.82) is 0 Å². The van der Waals surface area contributed by atoms with E-state index in [9.17, 15) is 14.3 Å². The summed E-state index contributed by atoms with van der Waals surface area (Å²) in [7, 11) is 0. The fraction of sp³-hybridized carbons (Fsp3) is 0.286. The Morgan fingerprint density at radius 1 is 1.29 bits per heavy atom. The molecule has 0 bridgehead atoms. The number of carbonyl (C=O) groups excluding carboxylic acids is 1. The van der Waals surface area contributed by atoms with Crippen LogP contribution < -0.4 is 5.32 Å². The van der Waals surface area contributed by atoms with Gasteiger partial charge in [0.25, 0.3) is 5.91 Å². The first-order chi connectivity index (χ1) is 13.6. The average Bonchev–Trinajstić information content (AvgIpc) is 2.71. The number of carbonyl (C=O) groups is 1. The minimum atomic E-state index is -0.733. The van der Waals surface area contributed by atoms with Crippen molar-refractivity contribution < 1.29 is 19.0 Å². The van der Waals surface area contributed by atoms with Gasteiger partial charge in [0.1, 0.15) is 5.69 Å². The molecule has 1 amide bonds. The van der Waals surface area contributed by atoms with Crippen LogP contribution in [0.2, 0.25) is 0 Å². The molecule has 6 nitrogen and oxygen atoms in total. The highest BCUT2D eigenvalue weighted by molar-refractivity contribution is 5.96. The van der Waals surface area contributed by atoms with Gasteiger partial charge in [-0.25, -0.2) is 9.97 Å². The molecule has 0 spiro atoms. The number of rotatable bonds is 4. The summed E-state index contributed by atoms with van der Waals surface area (Å²) >= 11 is 0. The first kappa shape index (κ1) is 18.5. The number of pyridine rings is 2. The number of nitrogens with one attached hydrogen (secondary N) is 1. The molecule has 0 aliphatic carbocycles. The van der Waals surface area contributed by atoms with Crippen LogP contribution in [-0.4, -0.2) is 46.3 Å². The van der Waals surface area contributed by atoms with Crippen LogP contribution in [0, 0.1) is 5.95 Å². The first-order valence-electron chi connectivity index (χ1n) is 9.16. The van der Waals surface area contributed by atoms with Gasteiger partial charge in [-0.05, 0) is 42.2 Å². The molecular weight excluding hydrogens is 361 g/mol. The lowest BCUT2D eigenvalue weighted by Crippen LogP contribution is -2.48. The molecule has 0 unspecified atom stereocenters. The Hall–Kier alpha value is -2.90. The van der Waals surface area contributed by atoms with Gasteiger partial charge in [0, 0.05) is 18.2 Å². The van der Waals surface area contributed by atoms with Crippen LogP contribution in [0.4, 0.5) is 4.39 Å². The quantitative estimate of drug-likeness (QED) is 0.677. The number of benzene rings is 1. The van der Waals surface area contributed by atoms with Crippen LogP contribution in [0.25, 0.3) is 10.9 Å². The van der Waals surface area contributed by atoms with Crippen molar-refractivity contribution in [3.63, 3.8) is 0 Å². The van der Waals surface area contributed by atoms with Crippen LogP contribution >= 0.6 is 0 Å². The number of fused-ring (bicyclic) bond motifs is 1. The lowest BCUT2D eigenvalue weighted by atomic mass is 10.0. The van der Waals surface area contributed by atoms with Crippen LogP contribution in [0.15, 0.2) is 48.7 Å². The Labute approximate surface area is 161 Å². The monoisotopic (exact) mass is 381 g/mol. The van der Waals surface area contributed by atoms with Gasteiger partial charge < -0.3 is 15.2 Å². The molecule has 4 rings (SSSR count). The van der Waals surface area contributed by atoms with Gasteiger partial charge in [0.2, 0.25) is 5.95 Å². The van der Waals surface area contributed by atoms with E-state index in [1.54, 1.807) is 12.1 Å². The van der Waals surface area contributed by atoms with Crippen molar-refractivity contribution in [1.82, 2.24) is 15.3 Å². The second kappa shape index (κ2) is 8.00. The topological polar surface area (TPSA) is 84.3 Å². The van der Waals surface area contributed by atoms with E-state index in [1.807, 2.05) is 24.3 Å². The number of amides is 1. The number of para-hydroxylation sites is 1. The number of aliphatic hydroxyl groups is 1. The predicted octanol–water partition coefficient (Wildman–Crippen LogP) is 2.24. The summed E-state index contributed by atoms with van der Waals surface area (Å²) in [6.45, 7) is 0.703. The summed E-state index contributed by atoms with van der Waals surface area (Å²) in [5.74, 6) is -0.867. The van der Waals surface area contributed by atoms with Gasteiger partial charge in [0.15, 0.2) is 0 Å². The number of aliphatic hydroxyl groups excluding tert-OH is 1. The van der Waals surface area contributed by atoms with E-state index in [4.69, 9.17) is 4.74 Å².